The summed E-state index contributed by atoms with van der Waals surface area (Å²) in [4.78, 5) is 39.9. The van der Waals surface area contributed by atoms with Crippen molar-refractivity contribution in [2.24, 2.45) is 0 Å². The molecule has 0 saturated carbocycles. The van der Waals surface area contributed by atoms with Crippen LogP contribution >= 0.6 is 0 Å². The number of hydrogen-bond donors (Lipinski definition) is 1. The molecule has 2 aromatic rings. The van der Waals surface area contributed by atoms with Crippen LogP contribution in [0.5, 0.6) is 0 Å². The standard InChI is InChI=1S/C11H9N5O3/c17-9-5-15(6-10(18)14-9)11(19)7-3-13-16-2-1-12-4-8(7)16/h1-4H,5-6H2,(H,14,17,18). The van der Waals surface area contributed by atoms with E-state index in [2.05, 4.69) is 15.4 Å². The van der Waals surface area contributed by atoms with Gasteiger partial charge in [-0.25, -0.2) is 4.52 Å². The van der Waals surface area contributed by atoms with Crippen molar-refractivity contribution < 1.29 is 14.4 Å². The Bertz CT molecular complexity index is 676. The van der Waals surface area contributed by atoms with E-state index >= 15 is 0 Å². The van der Waals surface area contributed by atoms with Crippen LogP contribution < -0.4 is 5.32 Å². The number of piperazine rings is 1. The lowest BCUT2D eigenvalue weighted by molar-refractivity contribution is -0.135. The van der Waals surface area contributed by atoms with Gasteiger partial charge in [0.15, 0.2) is 0 Å². The molecule has 96 valence electrons. The number of hydrogen-bond acceptors (Lipinski definition) is 5. The summed E-state index contributed by atoms with van der Waals surface area (Å²) >= 11 is 0. The monoisotopic (exact) mass is 259 g/mol. The Morgan fingerprint density at radius 3 is 2.68 bits per heavy atom. The average molecular weight is 259 g/mol. The molecule has 0 radical (unpaired) electrons. The molecule has 19 heavy (non-hydrogen) atoms. The fourth-order valence-corrected chi connectivity index (χ4v) is 1.95. The Kier molecular flexibility index (Phi) is 2.48. The molecule has 0 spiro atoms. The van der Waals surface area contributed by atoms with Gasteiger partial charge >= 0.3 is 0 Å². The van der Waals surface area contributed by atoms with Gasteiger partial charge in [0.05, 0.1) is 23.5 Å². The number of nitrogens with zero attached hydrogens (tertiary/aromatic N) is 4. The number of amides is 3. The Hall–Kier alpha value is -2.77. The fraction of sp³-hybridized carbons (Fsp3) is 0.182. The van der Waals surface area contributed by atoms with E-state index in [1.165, 1.54) is 21.8 Å². The van der Waals surface area contributed by atoms with Gasteiger partial charge in [-0.2, -0.15) is 5.10 Å². The number of nitrogens with one attached hydrogen (secondary N) is 1. The molecular weight excluding hydrogens is 250 g/mol. The smallest absolute Gasteiger partial charge is 0.258 e. The highest BCUT2D eigenvalue weighted by Crippen LogP contribution is 2.12. The molecule has 1 aliphatic rings. The van der Waals surface area contributed by atoms with E-state index in [4.69, 9.17) is 0 Å². The molecule has 2 aromatic heterocycles. The van der Waals surface area contributed by atoms with E-state index in [1.54, 1.807) is 12.4 Å². The zero-order valence-corrected chi connectivity index (χ0v) is 9.74. The quantitative estimate of drug-likeness (QED) is 0.651. The van der Waals surface area contributed by atoms with Crippen LogP contribution in [-0.4, -0.2) is 50.3 Å². The number of carbonyl (C=O) groups excluding carboxylic acids is 3. The summed E-state index contributed by atoms with van der Waals surface area (Å²) in [5, 5.41) is 6.16. The molecule has 1 saturated heterocycles. The molecular formula is C11H9N5O3. The number of rotatable bonds is 1. The van der Waals surface area contributed by atoms with E-state index in [9.17, 15) is 14.4 Å². The molecule has 3 heterocycles. The maximum Gasteiger partial charge on any atom is 0.258 e. The minimum absolute atomic E-state index is 0.137. The fourth-order valence-electron chi connectivity index (χ4n) is 1.95. The van der Waals surface area contributed by atoms with Crippen LogP contribution in [0.15, 0.2) is 24.8 Å². The molecule has 3 amide bonds. The predicted octanol–water partition coefficient (Wildman–Crippen LogP) is -1.17. The lowest BCUT2D eigenvalue weighted by Crippen LogP contribution is -2.53. The van der Waals surface area contributed by atoms with Gasteiger partial charge in [0, 0.05) is 12.4 Å². The second-order valence-corrected chi connectivity index (χ2v) is 4.10. The molecule has 3 rings (SSSR count). The topological polar surface area (TPSA) is 96.7 Å². The van der Waals surface area contributed by atoms with E-state index in [0.29, 0.717) is 11.1 Å². The van der Waals surface area contributed by atoms with Crippen molar-refractivity contribution in [1.29, 1.82) is 0 Å². The van der Waals surface area contributed by atoms with Gasteiger partial charge in [-0.1, -0.05) is 0 Å². The van der Waals surface area contributed by atoms with Crippen molar-refractivity contribution in [1.82, 2.24) is 24.8 Å². The Morgan fingerprint density at radius 1 is 1.21 bits per heavy atom. The van der Waals surface area contributed by atoms with Crippen LogP contribution in [0.25, 0.3) is 5.52 Å². The van der Waals surface area contributed by atoms with Crippen molar-refractivity contribution >= 4 is 23.2 Å². The lowest BCUT2D eigenvalue weighted by atomic mass is 10.2. The van der Waals surface area contributed by atoms with Crippen LogP contribution in [-0.2, 0) is 9.59 Å². The first kappa shape index (κ1) is 11.3. The summed E-state index contributed by atoms with van der Waals surface area (Å²) in [5.41, 5.74) is 0.849. The maximum absolute atomic E-state index is 12.3. The summed E-state index contributed by atoms with van der Waals surface area (Å²) < 4.78 is 1.51. The molecule has 1 fully saturated rings. The summed E-state index contributed by atoms with van der Waals surface area (Å²) in [6.45, 7) is -0.273. The third-order valence-corrected chi connectivity index (χ3v) is 2.79. The Labute approximate surface area is 107 Å². The number of imide groups is 1. The normalized spacial score (nSPS) is 15.7. The summed E-state index contributed by atoms with van der Waals surface area (Å²) in [5.74, 6) is -1.38. The maximum atomic E-state index is 12.3. The number of carbonyl (C=O) groups is 3. The first-order chi connectivity index (χ1) is 9.15. The molecule has 0 bridgehead atoms. The number of aromatic nitrogens is 3. The van der Waals surface area contributed by atoms with E-state index < -0.39 is 17.7 Å². The van der Waals surface area contributed by atoms with Crippen molar-refractivity contribution in [3.63, 3.8) is 0 Å². The molecule has 1 N–H and O–H groups in total. The van der Waals surface area contributed by atoms with Crippen LogP contribution in [0.1, 0.15) is 10.4 Å². The first-order valence-corrected chi connectivity index (χ1v) is 5.54. The van der Waals surface area contributed by atoms with E-state index in [1.807, 2.05) is 0 Å². The summed E-state index contributed by atoms with van der Waals surface area (Å²) in [7, 11) is 0. The van der Waals surface area contributed by atoms with Gasteiger partial charge in [-0.3, -0.25) is 24.7 Å². The highest BCUT2D eigenvalue weighted by atomic mass is 16.2. The van der Waals surface area contributed by atoms with Gasteiger partial charge in [0.25, 0.3) is 5.91 Å². The predicted molar refractivity (Wildman–Crippen MR) is 62.0 cm³/mol. The third-order valence-electron chi connectivity index (χ3n) is 2.79. The third kappa shape index (κ3) is 1.92. The van der Waals surface area contributed by atoms with Crippen molar-refractivity contribution in [2.75, 3.05) is 13.1 Å². The van der Waals surface area contributed by atoms with Crippen LogP contribution in [0.4, 0.5) is 0 Å². The van der Waals surface area contributed by atoms with Gasteiger partial charge in [0.1, 0.15) is 13.1 Å². The summed E-state index contributed by atoms with van der Waals surface area (Å²) in [6, 6.07) is 0. The van der Waals surface area contributed by atoms with Crippen LogP contribution in [0.2, 0.25) is 0 Å². The largest absolute Gasteiger partial charge is 0.320 e. The van der Waals surface area contributed by atoms with Crippen LogP contribution in [0, 0.1) is 0 Å². The zero-order valence-electron chi connectivity index (χ0n) is 9.74. The molecule has 1 aliphatic heterocycles. The highest BCUT2D eigenvalue weighted by molar-refractivity contribution is 6.07. The highest BCUT2D eigenvalue weighted by Gasteiger charge is 2.28. The van der Waals surface area contributed by atoms with Gasteiger partial charge < -0.3 is 4.90 Å². The second-order valence-electron chi connectivity index (χ2n) is 4.10. The molecule has 8 heteroatoms. The first-order valence-electron chi connectivity index (χ1n) is 5.54. The van der Waals surface area contributed by atoms with E-state index in [-0.39, 0.29) is 13.1 Å². The van der Waals surface area contributed by atoms with Crippen LogP contribution in [0.3, 0.4) is 0 Å². The summed E-state index contributed by atoms with van der Waals surface area (Å²) in [6.07, 6.45) is 6.06. The Morgan fingerprint density at radius 2 is 1.95 bits per heavy atom. The number of fused-ring (bicyclic) bond motifs is 1. The van der Waals surface area contributed by atoms with Crippen molar-refractivity contribution in [2.45, 2.75) is 0 Å². The lowest BCUT2D eigenvalue weighted by Gasteiger charge is -2.24. The minimum atomic E-state index is -0.487. The molecule has 0 aromatic carbocycles. The SMILES string of the molecule is O=C1CN(C(=O)c2cnn3ccncc23)CC(=O)N1. The average Bonchev–Trinajstić information content (AvgIpc) is 2.80. The zero-order chi connectivity index (χ0) is 13.4. The van der Waals surface area contributed by atoms with Gasteiger partial charge in [-0.15, -0.1) is 0 Å². The van der Waals surface area contributed by atoms with E-state index in [0.717, 1.165) is 0 Å². The molecule has 0 unspecified atom stereocenters. The van der Waals surface area contributed by atoms with Gasteiger partial charge in [0.2, 0.25) is 11.8 Å². The van der Waals surface area contributed by atoms with Crippen molar-refractivity contribution in [3.8, 4) is 0 Å². The minimum Gasteiger partial charge on any atom is -0.320 e. The van der Waals surface area contributed by atoms with Gasteiger partial charge in [-0.05, 0) is 0 Å². The second kappa shape index (κ2) is 4.16. The molecule has 8 nitrogen and oxygen atoms in total. The van der Waals surface area contributed by atoms with Crippen molar-refractivity contribution in [3.05, 3.63) is 30.4 Å². The Balaban J connectivity index is 1.95. The molecule has 0 atom stereocenters. The molecule has 0 aliphatic carbocycles.